The molecule has 120 valence electrons. The van der Waals surface area contributed by atoms with Crippen LogP contribution in [0.25, 0.3) is 0 Å². The molecule has 0 saturated heterocycles. The van der Waals surface area contributed by atoms with Gasteiger partial charge in [-0.25, -0.2) is 0 Å². The second-order valence-electron chi connectivity index (χ2n) is 5.41. The number of amides is 1. The van der Waals surface area contributed by atoms with Crippen LogP contribution in [0.15, 0.2) is 40.8 Å². The van der Waals surface area contributed by atoms with Gasteiger partial charge in [0.1, 0.15) is 10.7 Å². The van der Waals surface area contributed by atoms with E-state index in [0.29, 0.717) is 6.54 Å². The minimum Gasteiger partial charge on any atom is -0.497 e. The third kappa shape index (κ3) is 3.33. The normalized spacial score (nSPS) is 13.6. The Kier molecular flexibility index (Phi) is 4.01. The zero-order valence-corrected chi connectivity index (χ0v) is 12.6. The summed E-state index contributed by atoms with van der Waals surface area (Å²) in [5.74, 6) is 0.00165. The summed E-state index contributed by atoms with van der Waals surface area (Å²) in [5, 5.41) is 10.7. The molecule has 1 aromatic carbocycles. The van der Waals surface area contributed by atoms with Crippen molar-refractivity contribution in [3.05, 3.63) is 57.8 Å². The van der Waals surface area contributed by atoms with Crippen molar-refractivity contribution in [2.75, 3.05) is 7.11 Å². The van der Waals surface area contributed by atoms with Crippen LogP contribution >= 0.6 is 0 Å². The van der Waals surface area contributed by atoms with Gasteiger partial charge in [-0.1, -0.05) is 12.1 Å². The Bertz CT molecular complexity index is 718. The molecule has 1 aliphatic rings. The minimum atomic E-state index is -0.651. The molecule has 1 saturated carbocycles. The van der Waals surface area contributed by atoms with E-state index in [2.05, 4.69) is 0 Å². The predicted molar refractivity (Wildman–Crippen MR) is 81.3 cm³/mol. The van der Waals surface area contributed by atoms with Crippen LogP contribution in [0.5, 0.6) is 5.75 Å². The van der Waals surface area contributed by atoms with Crippen molar-refractivity contribution in [1.29, 1.82) is 0 Å². The molecule has 0 radical (unpaired) electrons. The van der Waals surface area contributed by atoms with E-state index in [1.807, 2.05) is 24.3 Å². The molecule has 7 heteroatoms. The van der Waals surface area contributed by atoms with E-state index >= 15 is 0 Å². The first-order valence-electron chi connectivity index (χ1n) is 7.26. The van der Waals surface area contributed by atoms with Gasteiger partial charge in [0.25, 0.3) is 5.91 Å². The summed E-state index contributed by atoms with van der Waals surface area (Å²) in [7, 11) is 1.60. The number of carbonyl (C=O) groups is 1. The summed E-state index contributed by atoms with van der Waals surface area (Å²) in [6, 6.07) is 10.2. The Morgan fingerprint density at radius 2 is 2.00 bits per heavy atom. The molecule has 0 unspecified atom stereocenters. The smallest absolute Gasteiger partial charge is 0.433 e. The minimum absolute atomic E-state index is 0.00267. The molecular weight excluding hydrogens is 300 g/mol. The van der Waals surface area contributed by atoms with E-state index in [9.17, 15) is 14.9 Å². The van der Waals surface area contributed by atoms with Crippen molar-refractivity contribution in [1.82, 2.24) is 4.90 Å². The highest BCUT2D eigenvalue weighted by atomic mass is 16.6. The average Bonchev–Trinajstić information content (AvgIpc) is 3.27. The van der Waals surface area contributed by atoms with Crippen LogP contribution in [0.3, 0.4) is 0 Å². The number of ether oxygens (including phenoxy) is 1. The molecule has 2 aromatic rings. The lowest BCUT2D eigenvalue weighted by Crippen LogP contribution is -2.32. The zero-order valence-electron chi connectivity index (χ0n) is 12.6. The van der Waals surface area contributed by atoms with Crippen molar-refractivity contribution in [3.8, 4) is 5.75 Å². The van der Waals surface area contributed by atoms with Crippen molar-refractivity contribution in [3.63, 3.8) is 0 Å². The van der Waals surface area contributed by atoms with Crippen LogP contribution in [0.1, 0.15) is 29.0 Å². The maximum absolute atomic E-state index is 12.6. The molecular formula is C16H16N2O5. The lowest BCUT2D eigenvalue weighted by molar-refractivity contribution is -0.402. The van der Waals surface area contributed by atoms with Crippen molar-refractivity contribution in [2.45, 2.75) is 25.4 Å². The maximum atomic E-state index is 12.6. The van der Waals surface area contributed by atoms with Crippen LogP contribution in [0, 0.1) is 10.1 Å². The van der Waals surface area contributed by atoms with Crippen LogP contribution in [-0.4, -0.2) is 28.9 Å². The summed E-state index contributed by atoms with van der Waals surface area (Å²) in [4.78, 5) is 24.3. The van der Waals surface area contributed by atoms with Gasteiger partial charge >= 0.3 is 5.88 Å². The van der Waals surface area contributed by atoms with E-state index in [4.69, 9.17) is 9.15 Å². The highest BCUT2D eigenvalue weighted by Crippen LogP contribution is 2.31. The summed E-state index contributed by atoms with van der Waals surface area (Å²) in [6.45, 7) is 0.433. The van der Waals surface area contributed by atoms with Gasteiger partial charge in [-0.15, -0.1) is 0 Å². The summed E-state index contributed by atoms with van der Waals surface area (Å²) < 4.78 is 10.1. The number of hydrogen-bond donors (Lipinski definition) is 0. The summed E-state index contributed by atoms with van der Waals surface area (Å²) in [5.41, 5.74) is 0.965. The summed E-state index contributed by atoms with van der Waals surface area (Å²) in [6.07, 6.45) is 1.87. The first-order chi connectivity index (χ1) is 11.1. The maximum Gasteiger partial charge on any atom is 0.433 e. The van der Waals surface area contributed by atoms with E-state index in [-0.39, 0.29) is 17.7 Å². The van der Waals surface area contributed by atoms with E-state index in [1.165, 1.54) is 12.1 Å². The first-order valence-corrected chi connectivity index (χ1v) is 7.26. The fourth-order valence-electron chi connectivity index (χ4n) is 2.36. The molecule has 1 fully saturated rings. The number of hydrogen-bond acceptors (Lipinski definition) is 5. The highest BCUT2D eigenvalue weighted by molar-refractivity contribution is 5.92. The number of methoxy groups -OCH3 is 1. The molecule has 3 rings (SSSR count). The van der Waals surface area contributed by atoms with Crippen LogP contribution < -0.4 is 4.74 Å². The number of furan rings is 1. The number of rotatable bonds is 6. The molecule has 0 bridgehead atoms. The molecule has 1 heterocycles. The Labute approximate surface area is 132 Å². The van der Waals surface area contributed by atoms with Gasteiger partial charge in [0.15, 0.2) is 5.76 Å². The van der Waals surface area contributed by atoms with Crippen LogP contribution in [-0.2, 0) is 6.54 Å². The molecule has 0 N–H and O–H groups in total. The van der Waals surface area contributed by atoms with Gasteiger partial charge in [0.2, 0.25) is 0 Å². The molecule has 1 amide bonds. The fourth-order valence-corrected chi connectivity index (χ4v) is 2.36. The number of nitro groups is 1. The molecule has 1 aromatic heterocycles. The molecule has 0 atom stereocenters. The second kappa shape index (κ2) is 6.12. The third-order valence-corrected chi connectivity index (χ3v) is 3.74. The van der Waals surface area contributed by atoms with E-state index in [1.54, 1.807) is 12.0 Å². The number of benzene rings is 1. The monoisotopic (exact) mass is 316 g/mol. The standard InChI is InChI=1S/C16H16N2O5/c1-22-13-6-2-11(3-7-13)10-17(12-4-5-12)16(19)14-8-9-15(23-14)18(20)21/h2-3,6-9,12H,4-5,10H2,1H3. The molecule has 7 nitrogen and oxygen atoms in total. The predicted octanol–water partition coefficient (Wildman–Crippen LogP) is 3.00. The zero-order chi connectivity index (χ0) is 16.4. The van der Waals surface area contributed by atoms with Gasteiger partial charge in [-0.05, 0) is 36.6 Å². The Morgan fingerprint density at radius 1 is 1.30 bits per heavy atom. The van der Waals surface area contributed by atoms with E-state index < -0.39 is 10.8 Å². The van der Waals surface area contributed by atoms with E-state index in [0.717, 1.165) is 24.2 Å². The summed E-state index contributed by atoms with van der Waals surface area (Å²) >= 11 is 0. The topological polar surface area (TPSA) is 85.8 Å². The Morgan fingerprint density at radius 3 is 2.52 bits per heavy atom. The molecule has 1 aliphatic carbocycles. The Balaban J connectivity index is 1.77. The fraction of sp³-hybridized carbons (Fsp3) is 0.312. The van der Waals surface area contributed by atoms with Crippen molar-refractivity contribution < 1.29 is 18.9 Å². The number of nitrogens with zero attached hydrogens (tertiary/aromatic N) is 2. The lowest BCUT2D eigenvalue weighted by atomic mass is 10.2. The van der Waals surface area contributed by atoms with Gasteiger partial charge < -0.3 is 14.1 Å². The van der Waals surface area contributed by atoms with Gasteiger partial charge in [-0.2, -0.15) is 0 Å². The first kappa shape index (κ1) is 15.1. The second-order valence-corrected chi connectivity index (χ2v) is 5.41. The SMILES string of the molecule is COc1ccc(CN(C(=O)c2ccc([N+](=O)[O-])o2)C2CC2)cc1. The van der Waals surface area contributed by atoms with Crippen molar-refractivity contribution >= 4 is 11.8 Å². The average molecular weight is 316 g/mol. The highest BCUT2D eigenvalue weighted by Gasteiger charge is 2.34. The van der Waals surface area contributed by atoms with Gasteiger partial charge in [0, 0.05) is 12.6 Å². The quantitative estimate of drug-likeness (QED) is 0.604. The third-order valence-electron chi connectivity index (χ3n) is 3.74. The largest absolute Gasteiger partial charge is 0.497 e. The number of carbonyl (C=O) groups excluding carboxylic acids is 1. The molecule has 23 heavy (non-hydrogen) atoms. The van der Waals surface area contributed by atoms with Crippen molar-refractivity contribution in [2.24, 2.45) is 0 Å². The molecule has 0 spiro atoms. The lowest BCUT2D eigenvalue weighted by Gasteiger charge is -2.21. The Hall–Kier alpha value is -2.83. The van der Waals surface area contributed by atoms with Gasteiger partial charge in [0.05, 0.1) is 13.2 Å². The van der Waals surface area contributed by atoms with Gasteiger partial charge in [-0.3, -0.25) is 14.9 Å². The van der Waals surface area contributed by atoms with Crippen LogP contribution in [0.2, 0.25) is 0 Å². The molecule has 0 aliphatic heterocycles. The van der Waals surface area contributed by atoms with Crippen LogP contribution in [0.4, 0.5) is 5.88 Å².